The van der Waals surface area contributed by atoms with Gasteiger partial charge in [-0.2, -0.15) is 0 Å². The second kappa shape index (κ2) is 1.68. The van der Waals surface area contributed by atoms with Gasteiger partial charge in [0.05, 0.1) is 0 Å². The van der Waals surface area contributed by atoms with Crippen LogP contribution in [0.3, 0.4) is 0 Å². The van der Waals surface area contributed by atoms with Crippen molar-refractivity contribution in [3.05, 3.63) is 0 Å². The smallest absolute Gasteiger partial charge is 0.109 e. The molecule has 0 radical (unpaired) electrons. The Hall–Kier alpha value is -0.120. The minimum atomic E-state index is 0.165. The molecule has 1 aliphatic heterocycles. The van der Waals surface area contributed by atoms with Crippen molar-refractivity contribution in [1.82, 2.24) is 10.9 Å². The van der Waals surface area contributed by atoms with Crippen LogP contribution in [0.25, 0.3) is 0 Å². The van der Waals surface area contributed by atoms with Crippen LogP contribution in [-0.2, 0) is 0 Å². The maximum atomic E-state index is 5.85. The van der Waals surface area contributed by atoms with Gasteiger partial charge < -0.3 is 5.73 Å². The van der Waals surface area contributed by atoms with Crippen molar-refractivity contribution in [1.29, 1.82) is 0 Å². The van der Waals surface area contributed by atoms with Crippen molar-refractivity contribution in [2.45, 2.75) is 37.4 Å². The lowest BCUT2D eigenvalue weighted by Crippen LogP contribution is -2.44. The fraction of sp³-hybridized carbons (Fsp3) is 1.00. The number of nitrogens with two attached hydrogens (primary N) is 1. The zero-order valence-corrected chi connectivity index (χ0v) is 5.48. The Balaban J connectivity index is 2.03. The molecule has 2 fully saturated rings. The van der Waals surface area contributed by atoms with Crippen LogP contribution in [-0.4, -0.2) is 11.7 Å². The summed E-state index contributed by atoms with van der Waals surface area (Å²) in [5.41, 5.74) is 12.3. The Morgan fingerprint density at radius 2 is 2.11 bits per heavy atom. The van der Waals surface area contributed by atoms with Crippen LogP contribution in [0.4, 0.5) is 0 Å². The van der Waals surface area contributed by atoms with Crippen LogP contribution in [0, 0.1) is 0 Å². The van der Waals surface area contributed by atoms with Gasteiger partial charge in [0, 0.05) is 6.04 Å². The van der Waals surface area contributed by atoms with Gasteiger partial charge in [-0.3, -0.25) is 0 Å². The molecule has 1 heterocycles. The van der Waals surface area contributed by atoms with Crippen molar-refractivity contribution in [3.63, 3.8) is 0 Å². The van der Waals surface area contributed by atoms with Crippen LogP contribution < -0.4 is 16.6 Å². The first-order valence-corrected chi connectivity index (χ1v) is 3.63. The van der Waals surface area contributed by atoms with Crippen molar-refractivity contribution in [3.8, 4) is 0 Å². The zero-order valence-electron chi connectivity index (χ0n) is 5.48. The third-order valence-corrected chi connectivity index (χ3v) is 2.42. The molecule has 3 nitrogen and oxygen atoms in total. The van der Waals surface area contributed by atoms with E-state index in [4.69, 9.17) is 5.73 Å². The van der Waals surface area contributed by atoms with Gasteiger partial charge in [-0.05, 0) is 12.8 Å². The summed E-state index contributed by atoms with van der Waals surface area (Å²) in [7, 11) is 0. The summed E-state index contributed by atoms with van der Waals surface area (Å²) >= 11 is 0. The van der Waals surface area contributed by atoms with Gasteiger partial charge in [0.15, 0.2) is 0 Å². The SMILES string of the molecule is N[C@H]1CCCCC12NN2. The molecule has 0 amide bonds. The molecular weight excluding hydrogens is 114 g/mol. The first-order chi connectivity index (χ1) is 4.33. The average Bonchev–Trinajstić information content (AvgIpc) is 2.60. The predicted octanol–water partition coefficient (Wildman–Crippen LogP) is -0.308. The van der Waals surface area contributed by atoms with Crippen molar-refractivity contribution in [2.75, 3.05) is 0 Å². The maximum Gasteiger partial charge on any atom is 0.109 e. The van der Waals surface area contributed by atoms with E-state index in [2.05, 4.69) is 10.9 Å². The second-order valence-electron chi connectivity index (χ2n) is 3.07. The second-order valence-corrected chi connectivity index (χ2v) is 3.07. The number of hydrogen-bond acceptors (Lipinski definition) is 3. The van der Waals surface area contributed by atoms with E-state index in [1.807, 2.05) is 0 Å². The van der Waals surface area contributed by atoms with Crippen LogP contribution in [0.15, 0.2) is 0 Å². The van der Waals surface area contributed by atoms with Gasteiger partial charge in [-0.15, -0.1) is 0 Å². The molecule has 1 saturated carbocycles. The van der Waals surface area contributed by atoms with Gasteiger partial charge >= 0.3 is 0 Å². The van der Waals surface area contributed by atoms with E-state index in [1.165, 1.54) is 25.7 Å². The topological polar surface area (TPSA) is 69.9 Å². The minimum absolute atomic E-state index is 0.165. The summed E-state index contributed by atoms with van der Waals surface area (Å²) in [5.74, 6) is 0. The number of rotatable bonds is 0. The lowest BCUT2D eigenvalue weighted by atomic mass is 9.89. The molecule has 3 heteroatoms. The Morgan fingerprint density at radius 1 is 1.33 bits per heavy atom. The summed E-state index contributed by atoms with van der Waals surface area (Å²) in [5, 5.41) is 0. The molecule has 9 heavy (non-hydrogen) atoms. The first kappa shape index (κ1) is 5.65. The Bertz CT molecular complexity index is 119. The quantitative estimate of drug-likeness (QED) is 0.391. The molecule has 0 aromatic rings. The summed E-state index contributed by atoms with van der Waals surface area (Å²) in [6.07, 6.45) is 4.98. The van der Waals surface area contributed by atoms with Crippen molar-refractivity contribution >= 4 is 0 Å². The van der Waals surface area contributed by atoms with Gasteiger partial charge in [-0.1, -0.05) is 12.8 Å². The fourth-order valence-electron chi connectivity index (χ4n) is 1.59. The third kappa shape index (κ3) is 0.764. The van der Waals surface area contributed by atoms with Crippen molar-refractivity contribution in [2.24, 2.45) is 5.73 Å². The molecule has 0 aromatic carbocycles. The number of hydrogen-bond donors (Lipinski definition) is 3. The molecule has 1 atom stereocenters. The molecule has 1 aliphatic carbocycles. The summed E-state index contributed by atoms with van der Waals surface area (Å²) in [6, 6.07) is 0.339. The third-order valence-electron chi connectivity index (χ3n) is 2.42. The van der Waals surface area contributed by atoms with Gasteiger partial charge in [0.2, 0.25) is 0 Å². The highest BCUT2D eigenvalue weighted by molar-refractivity contribution is 5.04. The Labute approximate surface area is 55.0 Å². The first-order valence-electron chi connectivity index (χ1n) is 3.63. The van der Waals surface area contributed by atoms with E-state index in [0.29, 0.717) is 6.04 Å². The molecule has 2 aliphatic rings. The van der Waals surface area contributed by atoms with Crippen LogP contribution >= 0.6 is 0 Å². The van der Waals surface area contributed by atoms with E-state index < -0.39 is 0 Å². The molecule has 0 aromatic heterocycles. The van der Waals surface area contributed by atoms with Crippen LogP contribution in [0.5, 0.6) is 0 Å². The molecule has 2 rings (SSSR count). The van der Waals surface area contributed by atoms with E-state index in [-0.39, 0.29) is 5.66 Å². The van der Waals surface area contributed by atoms with E-state index in [1.54, 1.807) is 0 Å². The summed E-state index contributed by atoms with van der Waals surface area (Å²) in [4.78, 5) is 0. The Morgan fingerprint density at radius 3 is 2.56 bits per heavy atom. The van der Waals surface area contributed by atoms with E-state index in [0.717, 1.165) is 0 Å². The van der Waals surface area contributed by atoms with Gasteiger partial charge in [-0.25, -0.2) is 10.9 Å². The average molecular weight is 127 g/mol. The predicted molar refractivity (Wildman–Crippen MR) is 35.4 cm³/mol. The van der Waals surface area contributed by atoms with E-state index in [9.17, 15) is 0 Å². The normalized spacial score (nSPS) is 39.0. The number of nitrogens with one attached hydrogen (secondary N) is 2. The minimum Gasteiger partial charge on any atom is -0.325 e. The standard InChI is InChI=1S/C6H13N3/c7-5-3-1-2-4-6(5)8-9-6/h5,8-9H,1-4,7H2/t5-/m0/s1. The highest BCUT2D eigenvalue weighted by Crippen LogP contribution is 2.29. The highest BCUT2D eigenvalue weighted by atomic mass is 15.7. The molecule has 0 bridgehead atoms. The molecule has 1 spiro atoms. The maximum absolute atomic E-state index is 5.85. The van der Waals surface area contributed by atoms with Gasteiger partial charge in [0.25, 0.3) is 0 Å². The summed E-state index contributed by atoms with van der Waals surface area (Å²) in [6.45, 7) is 0. The largest absolute Gasteiger partial charge is 0.325 e. The highest BCUT2D eigenvalue weighted by Gasteiger charge is 2.48. The molecular formula is C6H13N3. The summed E-state index contributed by atoms with van der Waals surface area (Å²) < 4.78 is 0. The van der Waals surface area contributed by atoms with Crippen molar-refractivity contribution < 1.29 is 0 Å². The van der Waals surface area contributed by atoms with Crippen LogP contribution in [0.2, 0.25) is 0 Å². The molecule has 0 unspecified atom stereocenters. The Kier molecular flexibility index (Phi) is 1.06. The van der Waals surface area contributed by atoms with Crippen LogP contribution in [0.1, 0.15) is 25.7 Å². The molecule has 1 saturated heterocycles. The molecule has 4 N–H and O–H groups in total. The lowest BCUT2D eigenvalue weighted by molar-refractivity contribution is 0.344. The molecule has 52 valence electrons. The van der Waals surface area contributed by atoms with Gasteiger partial charge in [0.1, 0.15) is 5.66 Å². The fourth-order valence-corrected chi connectivity index (χ4v) is 1.59. The monoisotopic (exact) mass is 127 g/mol. The zero-order chi connectivity index (χ0) is 6.32. The van der Waals surface area contributed by atoms with E-state index >= 15 is 0 Å². The number of hydrazine groups is 1. The lowest BCUT2D eigenvalue weighted by Gasteiger charge is -2.24.